The molecule has 3 rings (SSSR count). The second kappa shape index (κ2) is 6.37. The van der Waals surface area contributed by atoms with Crippen LogP contribution >= 0.6 is 11.3 Å². The van der Waals surface area contributed by atoms with Crippen LogP contribution in [-0.2, 0) is 6.54 Å². The molecule has 1 aliphatic heterocycles. The predicted molar refractivity (Wildman–Crippen MR) is 86.3 cm³/mol. The molecule has 8 heteroatoms. The molecule has 1 atom stereocenters. The van der Waals surface area contributed by atoms with Gasteiger partial charge in [-0.05, 0) is 18.8 Å². The third-order valence-electron chi connectivity index (χ3n) is 4.11. The van der Waals surface area contributed by atoms with Gasteiger partial charge in [0.05, 0.1) is 30.5 Å². The SMILES string of the molecule is CC(C)c1ncsc1C(=O)N1CCCC(O)(Cn2ccnn2)C1. The van der Waals surface area contributed by atoms with Gasteiger partial charge in [0.2, 0.25) is 0 Å². The Bertz CT molecular complexity index is 669. The normalized spacial score (nSPS) is 21.8. The van der Waals surface area contributed by atoms with Crippen molar-refractivity contribution in [2.24, 2.45) is 0 Å². The number of hydrogen-bond acceptors (Lipinski definition) is 6. The van der Waals surface area contributed by atoms with Gasteiger partial charge in [-0.25, -0.2) is 9.67 Å². The van der Waals surface area contributed by atoms with Gasteiger partial charge in [0.1, 0.15) is 10.5 Å². The minimum absolute atomic E-state index is 0.0343. The lowest BCUT2D eigenvalue weighted by Crippen LogP contribution is -2.52. The number of carbonyl (C=O) groups excluding carboxylic acids is 1. The Hall–Kier alpha value is -1.80. The minimum atomic E-state index is -0.968. The van der Waals surface area contributed by atoms with Crippen LogP contribution in [0.15, 0.2) is 17.9 Å². The van der Waals surface area contributed by atoms with Gasteiger partial charge >= 0.3 is 0 Å². The number of aliphatic hydroxyl groups is 1. The number of rotatable bonds is 4. The molecule has 1 N–H and O–H groups in total. The second-order valence-corrected chi connectivity index (χ2v) is 7.23. The number of nitrogens with zero attached hydrogens (tertiary/aromatic N) is 5. The van der Waals surface area contributed by atoms with Gasteiger partial charge in [-0.3, -0.25) is 4.79 Å². The third-order valence-corrected chi connectivity index (χ3v) is 4.94. The van der Waals surface area contributed by atoms with Crippen LogP contribution in [0.5, 0.6) is 0 Å². The van der Waals surface area contributed by atoms with Gasteiger partial charge in [-0.1, -0.05) is 19.1 Å². The van der Waals surface area contributed by atoms with Crippen LogP contribution in [0.25, 0.3) is 0 Å². The Morgan fingerprint density at radius 3 is 3.04 bits per heavy atom. The van der Waals surface area contributed by atoms with E-state index in [1.54, 1.807) is 27.5 Å². The summed E-state index contributed by atoms with van der Waals surface area (Å²) in [6.45, 7) is 5.37. The van der Waals surface area contributed by atoms with E-state index < -0.39 is 5.60 Å². The van der Waals surface area contributed by atoms with Gasteiger partial charge in [0.25, 0.3) is 5.91 Å². The molecule has 0 radical (unpaired) electrons. The molecule has 1 aliphatic rings. The van der Waals surface area contributed by atoms with E-state index in [2.05, 4.69) is 15.3 Å². The Labute approximate surface area is 139 Å². The summed E-state index contributed by atoms with van der Waals surface area (Å²) in [4.78, 5) is 19.6. The van der Waals surface area contributed by atoms with Gasteiger partial charge in [0.15, 0.2) is 0 Å². The van der Waals surface area contributed by atoms with Crippen LogP contribution in [0.3, 0.4) is 0 Å². The third kappa shape index (κ3) is 3.42. The van der Waals surface area contributed by atoms with E-state index in [0.29, 0.717) is 30.9 Å². The number of likely N-dealkylation sites (tertiary alicyclic amines) is 1. The summed E-state index contributed by atoms with van der Waals surface area (Å²) in [5, 5.41) is 18.5. The summed E-state index contributed by atoms with van der Waals surface area (Å²) < 4.78 is 1.61. The molecule has 1 amide bonds. The predicted octanol–water partition coefficient (Wildman–Crippen LogP) is 1.53. The minimum Gasteiger partial charge on any atom is -0.386 e. The Kier molecular flexibility index (Phi) is 4.45. The molecule has 0 aliphatic carbocycles. The quantitative estimate of drug-likeness (QED) is 0.916. The molecular formula is C15H21N5O2S. The van der Waals surface area contributed by atoms with Crippen LogP contribution < -0.4 is 0 Å². The molecule has 0 spiro atoms. The molecule has 0 aromatic carbocycles. The van der Waals surface area contributed by atoms with Crippen molar-refractivity contribution in [3.8, 4) is 0 Å². The maximum atomic E-state index is 12.8. The van der Waals surface area contributed by atoms with E-state index in [-0.39, 0.29) is 11.8 Å². The van der Waals surface area contributed by atoms with E-state index in [4.69, 9.17) is 0 Å². The first-order chi connectivity index (χ1) is 11.0. The summed E-state index contributed by atoms with van der Waals surface area (Å²) in [5.74, 6) is 0.173. The number of thiazole rings is 1. The van der Waals surface area contributed by atoms with Crippen LogP contribution in [0.4, 0.5) is 0 Å². The number of piperidine rings is 1. The lowest BCUT2D eigenvalue weighted by molar-refractivity contribution is -0.0386. The van der Waals surface area contributed by atoms with Gasteiger partial charge in [-0.15, -0.1) is 16.4 Å². The van der Waals surface area contributed by atoms with Crippen LogP contribution in [0.2, 0.25) is 0 Å². The van der Waals surface area contributed by atoms with Crippen molar-refractivity contribution in [2.45, 2.75) is 44.8 Å². The number of carbonyl (C=O) groups is 1. The number of aromatic nitrogens is 4. The molecule has 124 valence electrons. The van der Waals surface area contributed by atoms with E-state index in [0.717, 1.165) is 12.1 Å². The van der Waals surface area contributed by atoms with Gasteiger partial charge in [-0.2, -0.15) is 0 Å². The smallest absolute Gasteiger partial charge is 0.265 e. The van der Waals surface area contributed by atoms with Crippen LogP contribution in [0.1, 0.15) is 48.0 Å². The van der Waals surface area contributed by atoms with E-state index >= 15 is 0 Å². The summed E-state index contributed by atoms with van der Waals surface area (Å²) >= 11 is 1.37. The summed E-state index contributed by atoms with van der Waals surface area (Å²) in [6, 6.07) is 0. The molecule has 2 aromatic heterocycles. The second-order valence-electron chi connectivity index (χ2n) is 6.38. The zero-order valence-corrected chi connectivity index (χ0v) is 14.2. The molecule has 3 heterocycles. The molecule has 1 unspecified atom stereocenters. The van der Waals surface area contributed by atoms with Crippen molar-refractivity contribution < 1.29 is 9.90 Å². The van der Waals surface area contributed by atoms with Crippen LogP contribution in [0, 0.1) is 0 Å². The largest absolute Gasteiger partial charge is 0.386 e. The standard InChI is InChI=1S/C15H21N5O2S/c1-11(2)12-13(23-10-16-12)14(21)19-6-3-4-15(22,8-19)9-20-7-5-17-18-20/h5,7,10-11,22H,3-4,6,8-9H2,1-2H3. The zero-order valence-electron chi connectivity index (χ0n) is 13.3. The molecule has 0 bridgehead atoms. The average molecular weight is 335 g/mol. The number of β-amino-alcohol motifs (C(OH)–C–C–N with tert-alkyl or cyclic N) is 1. The highest BCUT2D eigenvalue weighted by Gasteiger charge is 2.37. The highest BCUT2D eigenvalue weighted by Crippen LogP contribution is 2.28. The zero-order chi connectivity index (χ0) is 16.4. The van der Waals surface area contributed by atoms with E-state index in [1.165, 1.54) is 11.3 Å². The molecule has 1 fully saturated rings. The molecule has 2 aromatic rings. The highest BCUT2D eigenvalue weighted by molar-refractivity contribution is 7.11. The van der Waals surface area contributed by atoms with Crippen molar-refractivity contribution in [1.29, 1.82) is 0 Å². The first-order valence-corrected chi connectivity index (χ1v) is 8.66. The van der Waals surface area contributed by atoms with Crippen molar-refractivity contribution in [3.63, 3.8) is 0 Å². The Balaban J connectivity index is 1.75. The van der Waals surface area contributed by atoms with Crippen molar-refractivity contribution in [2.75, 3.05) is 13.1 Å². The monoisotopic (exact) mass is 335 g/mol. The number of hydrogen-bond donors (Lipinski definition) is 1. The van der Waals surface area contributed by atoms with Crippen molar-refractivity contribution >= 4 is 17.2 Å². The fourth-order valence-electron chi connectivity index (χ4n) is 3.00. The fourth-order valence-corrected chi connectivity index (χ4v) is 3.91. The first kappa shape index (κ1) is 16.1. The molecule has 1 saturated heterocycles. The average Bonchev–Trinajstić information content (AvgIpc) is 3.16. The maximum absolute atomic E-state index is 12.8. The van der Waals surface area contributed by atoms with Crippen LogP contribution in [-0.4, -0.2) is 54.6 Å². The molecule has 0 saturated carbocycles. The highest BCUT2D eigenvalue weighted by atomic mass is 32.1. The topological polar surface area (TPSA) is 84.1 Å². The molecular weight excluding hydrogens is 314 g/mol. The van der Waals surface area contributed by atoms with Crippen molar-refractivity contribution in [3.05, 3.63) is 28.5 Å². The van der Waals surface area contributed by atoms with E-state index in [9.17, 15) is 9.90 Å². The van der Waals surface area contributed by atoms with Gasteiger partial charge < -0.3 is 10.0 Å². The molecule has 23 heavy (non-hydrogen) atoms. The van der Waals surface area contributed by atoms with Crippen molar-refractivity contribution in [1.82, 2.24) is 24.9 Å². The lowest BCUT2D eigenvalue weighted by atomic mass is 9.92. The van der Waals surface area contributed by atoms with E-state index in [1.807, 2.05) is 13.8 Å². The maximum Gasteiger partial charge on any atom is 0.265 e. The summed E-state index contributed by atoms with van der Waals surface area (Å²) in [7, 11) is 0. The molecule has 7 nitrogen and oxygen atoms in total. The number of amides is 1. The van der Waals surface area contributed by atoms with Gasteiger partial charge in [0, 0.05) is 12.7 Å². The Morgan fingerprint density at radius 1 is 1.52 bits per heavy atom. The summed E-state index contributed by atoms with van der Waals surface area (Å²) in [6.07, 6.45) is 4.73. The lowest BCUT2D eigenvalue weighted by Gasteiger charge is -2.39. The first-order valence-electron chi connectivity index (χ1n) is 7.78. The fraction of sp³-hybridized carbons (Fsp3) is 0.600. The summed E-state index contributed by atoms with van der Waals surface area (Å²) in [5.41, 5.74) is 1.59. The Morgan fingerprint density at radius 2 is 2.35 bits per heavy atom.